The fraction of sp³-hybridized carbons (Fsp3) is 0.316. The summed E-state index contributed by atoms with van der Waals surface area (Å²) in [5, 5.41) is 12.4. The van der Waals surface area contributed by atoms with Crippen molar-refractivity contribution >= 4 is 40.1 Å². The molecule has 30 heavy (non-hydrogen) atoms. The van der Waals surface area contributed by atoms with Crippen LogP contribution in [0, 0.1) is 11.7 Å². The standard InChI is InChI=1S/C19H16ClF3N4O2S/c1-17(15-18(8-28,19(15,22)23)30-16(24)27-17)11-6-10(3-4-12(11)21)26-14(29)13-5-2-9(20)7-25-13/h2-7,15,28H,8H2,1H3,(H2,24,27)(H,26,29)/t15-,17+,18+/m0/s1. The minimum absolute atomic E-state index is 0.0702. The van der Waals surface area contributed by atoms with Crippen molar-refractivity contribution in [3.05, 3.63) is 58.6 Å². The fourth-order valence-corrected chi connectivity index (χ4v) is 5.49. The number of nitrogens with zero attached hydrogens (tertiary/aromatic N) is 2. The van der Waals surface area contributed by atoms with Gasteiger partial charge < -0.3 is 16.2 Å². The highest BCUT2D eigenvalue weighted by Crippen LogP contribution is 2.74. The number of amides is 1. The van der Waals surface area contributed by atoms with E-state index in [-0.39, 0.29) is 22.1 Å². The average Bonchev–Trinajstić information content (AvgIpc) is 3.19. The number of pyridine rings is 1. The third-order valence-electron chi connectivity index (χ3n) is 5.47. The van der Waals surface area contributed by atoms with E-state index in [1.165, 1.54) is 37.4 Å². The van der Waals surface area contributed by atoms with Crippen molar-refractivity contribution in [2.45, 2.75) is 23.1 Å². The molecule has 1 aliphatic heterocycles. The second-order valence-electron chi connectivity index (χ2n) is 7.31. The highest BCUT2D eigenvalue weighted by atomic mass is 35.5. The molecule has 0 saturated heterocycles. The summed E-state index contributed by atoms with van der Waals surface area (Å²) in [4.78, 5) is 20.4. The molecule has 1 aromatic carbocycles. The normalized spacial score (nSPS) is 29.0. The van der Waals surface area contributed by atoms with Gasteiger partial charge in [-0.3, -0.25) is 9.79 Å². The molecule has 158 valence electrons. The summed E-state index contributed by atoms with van der Waals surface area (Å²) in [6.45, 7) is 0.516. The minimum atomic E-state index is -3.30. The third kappa shape index (κ3) is 2.97. The summed E-state index contributed by atoms with van der Waals surface area (Å²) < 4.78 is 42.3. The molecule has 0 bridgehead atoms. The molecule has 4 rings (SSSR count). The highest BCUT2D eigenvalue weighted by molar-refractivity contribution is 8.15. The maximum atomic E-state index is 14.7. The first-order chi connectivity index (χ1) is 14.0. The molecule has 1 aliphatic carbocycles. The Morgan fingerprint density at radius 3 is 2.73 bits per heavy atom. The van der Waals surface area contributed by atoms with Crippen molar-refractivity contribution in [1.82, 2.24) is 4.98 Å². The molecule has 0 radical (unpaired) electrons. The molecule has 1 aromatic heterocycles. The number of benzene rings is 1. The van der Waals surface area contributed by atoms with Gasteiger partial charge in [-0.2, -0.15) is 0 Å². The number of aliphatic hydroxyl groups is 1. The first kappa shape index (κ1) is 21.0. The molecule has 1 fully saturated rings. The number of fused-ring (bicyclic) bond motifs is 1. The van der Waals surface area contributed by atoms with Crippen LogP contribution in [0.25, 0.3) is 0 Å². The summed E-state index contributed by atoms with van der Waals surface area (Å²) >= 11 is 6.35. The zero-order chi connectivity index (χ0) is 21.9. The number of hydrogen-bond donors (Lipinski definition) is 3. The topological polar surface area (TPSA) is 101 Å². The molecule has 1 amide bonds. The smallest absolute Gasteiger partial charge is 0.274 e. The van der Waals surface area contributed by atoms with Gasteiger partial charge in [-0.05, 0) is 37.3 Å². The van der Waals surface area contributed by atoms with Crippen molar-refractivity contribution in [3.8, 4) is 0 Å². The van der Waals surface area contributed by atoms with Gasteiger partial charge in [-0.25, -0.2) is 18.2 Å². The number of hydrogen-bond acceptors (Lipinski definition) is 6. The van der Waals surface area contributed by atoms with Crippen LogP contribution in [0.1, 0.15) is 23.0 Å². The van der Waals surface area contributed by atoms with Gasteiger partial charge in [0.05, 0.1) is 23.1 Å². The van der Waals surface area contributed by atoms with E-state index >= 15 is 0 Å². The highest BCUT2D eigenvalue weighted by Gasteiger charge is 2.87. The number of anilines is 1. The van der Waals surface area contributed by atoms with E-state index in [0.717, 1.165) is 6.07 Å². The lowest BCUT2D eigenvalue weighted by molar-refractivity contribution is 0.0685. The Balaban J connectivity index is 1.71. The Kier molecular flexibility index (Phi) is 4.79. The van der Waals surface area contributed by atoms with Gasteiger partial charge in [0.25, 0.3) is 11.8 Å². The quantitative estimate of drug-likeness (QED) is 0.654. The largest absolute Gasteiger partial charge is 0.395 e. The maximum absolute atomic E-state index is 14.7. The molecule has 4 N–H and O–H groups in total. The number of carbonyl (C=O) groups excluding carboxylic acids is 1. The van der Waals surface area contributed by atoms with E-state index in [2.05, 4.69) is 15.3 Å². The summed E-state index contributed by atoms with van der Waals surface area (Å²) in [5.74, 6) is -6.13. The van der Waals surface area contributed by atoms with Crippen LogP contribution in [-0.4, -0.2) is 38.4 Å². The van der Waals surface area contributed by atoms with Crippen LogP contribution in [0.5, 0.6) is 0 Å². The number of aliphatic hydroxyl groups excluding tert-OH is 1. The zero-order valence-corrected chi connectivity index (χ0v) is 17.1. The SMILES string of the molecule is C[C@]1(c2cc(NC(=O)c3ccc(Cl)cn3)ccc2F)N=C(N)S[C@]2(CO)[C@H]1C2(F)F. The predicted molar refractivity (Wildman–Crippen MR) is 108 cm³/mol. The zero-order valence-electron chi connectivity index (χ0n) is 15.5. The molecule has 2 heterocycles. The number of alkyl halides is 2. The van der Waals surface area contributed by atoms with Gasteiger partial charge in [0, 0.05) is 17.4 Å². The second kappa shape index (κ2) is 6.86. The molecule has 6 nitrogen and oxygen atoms in total. The number of aromatic nitrogens is 1. The van der Waals surface area contributed by atoms with Crippen LogP contribution in [0.4, 0.5) is 18.9 Å². The van der Waals surface area contributed by atoms with Crippen LogP contribution < -0.4 is 11.1 Å². The first-order valence-corrected chi connectivity index (χ1v) is 10.0. The first-order valence-electron chi connectivity index (χ1n) is 8.81. The van der Waals surface area contributed by atoms with E-state index < -0.39 is 40.5 Å². The van der Waals surface area contributed by atoms with E-state index in [0.29, 0.717) is 16.8 Å². The Labute approximate surface area is 178 Å². The molecule has 2 aliphatic rings. The van der Waals surface area contributed by atoms with E-state index in [1.807, 2.05) is 0 Å². The van der Waals surface area contributed by atoms with Crippen LogP contribution >= 0.6 is 23.4 Å². The number of amidine groups is 1. The Morgan fingerprint density at radius 2 is 2.10 bits per heavy atom. The number of carbonyl (C=O) groups is 1. The monoisotopic (exact) mass is 456 g/mol. The lowest BCUT2D eigenvalue weighted by atomic mass is 9.85. The lowest BCUT2D eigenvalue weighted by Gasteiger charge is -2.32. The van der Waals surface area contributed by atoms with Crippen molar-refractivity contribution < 1.29 is 23.1 Å². The molecule has 1 saturated carbocycles. The van der Waals surface area contributed by atoms with Crippen molar-refractivity contribution in [2.24, 2.45) is 16.6 Å². The molecular weight excluding hydrogens is 441 g/mol. The van der Waals surface area contributed by atoms with Gasteiger partial charge in [0.2, 0.25) is 0 Å². The summed E-state index contributed by atoms with van der Waals surface area (Å²) in [6, 6.07) is 6.49. The van der Waals surface area contributed by atoms with Gasteiger partial charge in [0.1, 0.15) is 16.3 Å². The van der Waals surface area contributed by atoms with Gasteiger partial charge in [-0.1, -0.05) is 23.4 Å². The Bertz CT molecular complexity index is 1070. The van der Waals surface area contributed by atoms with E-state index in [4.69, 9.17) is 17.3 Å². The van der Waals surface area contributed by atoms with E-state index in [1.54, 1.807) is 0 Å². The van der Waals surface area contributed by atoms with Crippen molar-refractivity contribution in [1.29, 1.82) is 0 Å². The molecule has 2 aromatic rings. The van der Waals surface area contributed by atoms with Crippen LogP contribution in [0.2, 0.25) is 5.02 Å². The number of nitrogens with one attached hydrogen (secondary N) is 1. The summed E-state index contributed by atoms with van der Waals surface area (Å²) in [5.41, 5.74) is 4.11. The maximum Gasteiger partial charge on any atom is 0.274 e. The second-order valence-corrected chi connectivity index (χ2v) is 9.10. The summed E-state index contributed by atoms with van der Waals surface area (Å²) in [7, 11) is 0. The molecule has 11 heteroatoms. The average molecular weight is 457 g/mol. The fourth-order valence-electron chi connectivity index (χ4n) is 4.01. The molecule has 3 atom stereocenters. The predicted octanol–water partition coefficient (Wildman–Crippen LogP) is 3.40. The molecule has 0 spiro atoms. The van der Waals surface area contributed by atoms with Crippen molar-refractivity contribution in [2.75, 3.05) is 11.9 Å². The van der Waals surface area contributed by atoms with Crippen LogP contribution in [-0.2, 0) is 5.54 Å². The molecular formula is C19H16ClF3N4O2S. The van der Waals surface area contributed by atoms with E-state index in [9.17, 15) is 23.1 Å². The van der Waals surface area contributed by atoms with Crippen LogP contribution in [0.3, 0.4) is 0 Å². The molecule has 0 unspecified atom stereocenters. The number of halogens is 4. The Hall–Kier alpha value is -2.30. The van der Waals surface area contributed by atoms with Gasteiger partial charge in [-0.15, -0.1) is 0 Å². The minimum Gasteiger partial charge on any atom is -0.395 e. The van der Waals surface area contributed by atoms with Crippen LogP contribution in [0.15, 0.2) is 41.5 Å². The lowest BCUT2D eigenvalue weighted by Crippen LogP contribution is -2.37. The number of nitrogens with two attached hydrogens (primary N) is 1. The van der Waals surface area contributed by atoms with Gasteiger partial charge >= 0.3 is 0 Å². The van der Waals surface area contributed by atoms with Gasteiger partial charge in [0.15, 0.2) is 5.17 Å². The Morgan fingerprint density at radius 1 is 1.37 bits per heavy atom. The number of thioether (sulfide) groups is 1. The third-order valence-corrected chi connectivity index (χ3v) is 6.99. The number of rotatable bonds is 4. The van der Waals surface area contributed by atoms with Crippen molar-refractivity contribution in [3.63, 3.8) is 0 Å². The summed E-state index contributed by atoms with van der Waals surface area (Å²) in [6.07, 6.45) is 1.30. The number of aliphatic imine (C=N–C) groups is 1.